The number of likely N-dealkylation sites (N-methyl/N-ethyl adjacent to an activating group) is 1. The van der Waals surface area contributed by atoms with E-state index in [1.807, 2.05) is 31.2 Å². The van der Waals surface area contributed by atoms with E-state index in [4.69, 9.17) is 0 Å². The number of nitrogens with zero attached hydrogens (tertiary/aromatic N) is 2. The summed E-state index contributed by atoms with van der Waals surface area (Å²) in [4.78, 5) is 26.1. The average molecular weight is 308 g/mol. The molecule has 0 aliphatic rings. The topological polar surface area (TPSA) is 78.1 Å². The van der Waals surface area contributed by atoms with Crippen LogP contribution in [0.25, 0.3) is 10.9 Å². The minimum absolute atomic E-state index is 0.413. The molecule has 0 spiro atoms. The summed E-state index contributed by atoms with van der Waals surface area (Å²) < 4.78 is 0. The maximum Gasteiger partial charge on any atom is 0.316 e. The number of nitrogens with one attached hydrogen (secondary N) is 2. The number of fused-ring (bicyclic) bond motifs is 1. The van der Waals surface area contributed by atoms with Crippen LogP contribution in [0.4, 0.5) is 11.4 Å². The number of benzene rings is 2. The average Bonchev–Trinajstić information content (AvgIpc) is 3.04. The first-order valence-corrected chi connectivity index (χ1v) is 7.30. The summed E-state index contributed by atoms with van der Waals surface area (Å²) in [5.74, 6) is -1.27. The molecule has 3 rings (SSSR count). The zero-order valence-electron chi connectivity index (χ0n) is 12.6. The Bertz CT molecular complexity index is 842. The lowest BCUT2D eigenvalue weighted by molar-refractivity contribution is -0.134. The van der Waals surface area contributed by atoms with E-state index < -0.39 is 11.8 Å². The maximum absolute atomic E-state index is 12.4. The standard InChI is InChI=1S/C17H16N4O2/c1-2-21(14-6-4-3-5-7-14)17(23)16(22)19-13-9-8-12-11-18-20-15(12)10-13/h3-11H,2H2,1H3,(H,18,20)(H,19,22). The molecular formula is C17H16N4O2. The maximum atomic E-state index is 12.4. The Morgan fingerprint density at radius 1 is 1.17 bits per heavy atom. The largest absolute Gasteiger partial charge is 0.318 e. The molecule has 6 nitrogen and oxygen atoms in total. The third kappa shape index (κ3) is 3.06. The van der Waals surface area contributed by atoms with Gasteiger partial charge in [0, 0.05) is 23.3 Å². The molecule has 2 amide bonds. The van der Waals surface area contributed by atoms with Gasteiger partial charge in [-0.25, -0.2) is 0 Å². The van der Waals surface area contributed by atoms with Gasteiger partial charge < -0.3 is 10.2 Å². The summed E-state index contributed by atoms with van der Waals surface area (Å²) in [5.41, 5.74) is 2.04. The van der Waals surface area contributed by atoms with Crippen molar-refractivity contribution in [2.45, 2.75) is 6.92 Å². The Hall–Kier alpha value is -3.15. The third-order valence-electron chi connectivity index (χ3n) is 3.52. The lowest BCUT2D eigenvalue weighted by atomic mass is 10.2. The fourth-order valence-corrected chi connectivity index (χ4v) is 2.37. The molecule has 0 saturated heterocycles. The van der Waals surface area contributed by atoms with Crippen LogP contribution in [0, 0.1) is 0 Å². The van der Waals surface area contributed by atoms with Crippen LogP contribution in [0.15, 0.2) is 54.7 Å². The van der Waals surface area contributed by atoms with Gasteiger partial charge in [-0.1, -0.05) is 18.2 Å². The second kappa shape index (κ2) is 6.31. The number of hydrogen-bond donors (Lipinski definition) is 2. The minimum Gasteiger partial charge on any atom is -0.318 e. The van der Waals surface area contributed by atoms with Crippen molar-refractivity contribution in [2.24, 2.45) is 0 Å². The van der Waals surface area contributed by atoms with E-state index in [0.717, 1.165) is 10.9 Å². The predicted octanol–water partition coefficient (Wildman–Crippen LogP) is 2.55. The summed E-state index contributed by atoms with van der Waals surface area (Å²) in [6.07, 6.45) is 1.69. The van der Waals surface area contributed by atoms with Gasteiger partial charge in [-0.15, -0.1) is 0 Å². The summed E-state index contributed by atoms with van der Waals surface area (Å²) in [5, 5.41) is 10.3. The Morgan fingerprint density at radius 3 is 2.70 bits per heavy atom. The lowest BCUT2D eigenvalue weighted by Crippen LogP contribution is -2.39. The number of aromatic nitrogens is 2. The molecule has 6 heteroatoms. The number of amides is 2. The van der Waals surface area contributed by atoms with Crippen molar-refractivity contribution in [1.29, 1.82) is 0 Å². The SMILES string of the molecule is CCN(C(=O)C(=O)Nc1ccc2cn[nH]c2c1)c1ccccc1. The molecule has 0 aliphatic carbocycles. The van der Waals surface area contributed by atoms with Gasteiger partial charge in [0.2, 0.25) is 0 Å². The number of aromatic amines is 1. The van der Waals surface area contributed by atoms with E-state index in [1.54, 1.807) is 30.5 Å². The van der Waals surface area contributed by atoms with Crippen molar-refractivity contribution in [3.05, 3.63) is 54.7 Å². The molecule has 0 unspecified atom stereocenters. The van der Waals surface area contributed by atoms with Crippen molar-refractivity contribution < 1.29 is 9.59 Å². The van der Waals surface area contributed by atoms with Crippen molar-refractivity contribution in [2.75, 3.05) is 16.8 Å². The first-order valence-electron chi connectivity index (χ1n) is 7.30. The highest BCUT2D eigenvalue weighted by atomic mass is 16.2. The van der Waals surface area contributed by atoms with E-state index in [1.165, 1.54) is 4.90 Å². The number of rotatable bonds is 3. The van der Waals surface area contributed by atoms with Gasteiger partial charge in [0.05, 0.1) is 11.7 Å². The smallest absolute Gasteiger partial charge is 0.316 e. The quantitative estimate of drug-likeness (QED) is 0.730. The van der Waals surface area contributed by atoms with Crippen LogP contribution in [0.3, 0.4) is 0 Å². The van der Waals surface area contributed by atoms with Gasteiger partial charge in [0.1, 0.15) is 0 Å². The Kier molecular flexibility index (Phi) is 4.05. The molecule has 0 radical (unpaired) electrons. The van der Waals surface area contributed by atoms with Crippen molar-refractivity contribution in [3.8, 4) is 0 Å². The molecule has 3 aromatic rings. The normalized spacial score (nSPS) is 10.5. The number of anilines is 2. The highest BCUT2D eigenvalue weighted by Gasteiger charge is 2.22. The highest BCUT2D eigenvalue weighted by Crippen LogP contribution is 2.17. The number of para-hydroxylation sites is 1. The zero-order valence-corrected chi connectivity index (χ0v) is 12.6. The second-order valence-electron chi connectivity index (χ2n) is 5.01. The number of hydrogen-bond acceptors (Lipinski definition) is 3. The molecule has 2 aromatic carbocycles. The third-order valence-corrected chi connectivity index (χ3v) is 3.52. The van der Waals surface area contributed by atoms with Crippen LogP contribution in [-0.4, -0.2) is 28.6 Å². The van der Waals surface area contributed by atoms with Crippen LogP contribution in [-0.2, 0) is 9.59 Å². The van der Waals surface area contributed by atoms with Gasteiger partial charge >= 0.3 is 11.8 Å². The van der Waals surface area contributed by atoms with Crippen molar-refractivity contribution >= 4 is 34.1 Å². The van der Waals surface area contributed by atoms with Crippen LogP contribution in [0.1, 0.15) is 6.92 Å². The van der Waals surface area contributed by atoms with Crippen molar-refractivity contribution in [3.63, 3.8) is 0 Å². The summed E-state index contributed by atoms with van der Waals surface area (Å²) in [6, 6.07) is 14.4. The van der Waals surface area contributed by atoms with Gasteiger partial charge in [-0.2, -0.15) is 5.10 Å². The molecule has 0 atom stereocenters. The number of carbonyl (C=O) groups excluding carboxylic acids is 2. The van der Waals surface area contributed by atoms with E-state index in [-0.39, 0.29) is 0 Å². The molecule has 2 N–H and O–H groups in total. The van der Waals surface area contributed by atoms with E-state index >= 15 is 0 Å². The first-order chi connectivity index (χ1) is 11.2. The second-order valence-corrected chi connectivity index (χ2v) is 5.01. The monoisotopic (exact) mass is 308 g/mol. The van der Waals surface area contributed by atoms with Crippen LogP contribution < -0.4 is 10.2 Å². The van der Waals surface area contributed by atoms with Gasteiger partial charge in [0.25, 0.3) is 0 Å². The lowest BCUT2D eigenvalue weighted by Gasteiger charge is -2.20. The molecule has 0 saturated carbocycles. The Morgan fingerprint density at radius 2 is 1.96 bits per heavy atom. The summed E-state index contributed by atoms with van der Waals surface area (Å²) >= 11 is 0. The van der Waals surface area contributed by atoms with Crippen molar-refractivity contribution in [1.82, 2.24) is 10.2 Å². The fourth-order valence-electron chi connectivity index (χ4n) is 2.37. The molecule has 0 fully saturated rings. The number of H-pyrrole nitrogens is 1. The van der Waals surface area contributed by atoms with Crippen LogP contribution in [0.5, 0.6) is 0 Å². The summed E-state index contributed by atoms with van der Waals surface area (Å²) in [7, 11) is 0. The molecule has 0 bridgehead atoms. The van der Waals surface area contributed by atoms with E-state index in [2.05, 4.69) is 15.5 Å². The molecule has 1 heterocycles. The van der Waals surface area contributed by atoms with Gasteiger partial charge in [0.15, 0.2) is 0 Å². The van der Waals surface area contributed by atoms with Gasteiger partial charge in [-0.05, 0) is 37.3 Å². The zero-order chi connectivity index (χ0) is 16.2. The Labute approximate surface area is 133 Å². The first kappa shape index (κ1) is 14.8. The minimum atomic E-state index is -0.672. The van der Waals surface area contributed by atoms with E-state index in [9.17, 15) is 9.59 Å². The molecular weight excluding hydrogens is 292 g/mol. The molecule has 116 valence electrons. The van der Waals surface area contributed by atoms with Gasteiger partial charge in [-0.3, -0.25) is 14.7 Å². The summed E-state index contributed by atoms with van der Waals surface area (Å²) in [6.45, 7) is 2.24. The molecule has 0 aliphatic heterocycles. The molecule has 1 aromatic heterocycles. The number of carbonyl (C=O) groups is 2. The fraction of sp³-hybridized carbons (Fsp3) is 0.118. The van der Waals surface area contributed by atoms with E-state index in [0.29, 0.717) is 17.9 Å². The Balaban J connectivity index is 1.77. The highest BCUT2D eigenvalue weighted by molar-refractivity contribution is 6.44. The van der Waals surface area contributed by atoms with Crippen LogP contribution in [0.2, 0.25) is 0 Å². The molecule has 23 heavy (non-hydrogen) atoms. The van der Waals surface area contributed by atoms with Crippen LogP contribution >= 0.6 is 0 Å². The predicted molar refractivity (Wildman–Crippen MR) is 89.2 cm³/mol.